The van der Waals surface area contributed by atoms with Crippen LogP contribution < -0.4 is 10.1 Å². The van der Waals surface area contributed by atoms with E-state index >= 15 is 0 Å². The summed E-state index contributed by atoms with van der Waals surface area (Å²) in [6.45, 7) is -1.07. The minimum atomic E-state index is -2.98. The van der Waals surface area contributed by atoms with E-state index in [1.54, 1.807) is 18.2 Å². The van der Waals surface area contributed by atoms with Gasteiger partial charge in [0.15, 0.2) is 0 Å². The lowest BCUT2D eigenvalue weighted by atomic mass is 10.0. The molecule has 3 nitrogen and oxygen atoms in total. The maximum absolute atomic E-state index is 12.4. The maximum atomic E-state index is 12.4. The number of para-hydroxylation sites is 1. The van der Waals surface area contributed by atoms with Gasteiger partial charge in [-0.25, -0.2) is 0 Å². The number of hydrogen-bond donors (Lipinski definition) is 1. The van der Waals surface area contributed by atoms with Crippen molar-refractivity contribution in [3.05, 3.63) is 64.7 Å². The first-order chi connectivity index (χ1) is 11.0. The van der Waals surface area contributed by atoms with E-state index in [1.165, 1.54) is 18.2 Å². The van der Waals surface area contributed by atoms with Crippen LogP contribution in [-0.4, -0.2) is 12.5 Å². The van der Waals surface area contributed by atoms with Crippen LogP contribution in [0.4, 0.5) is 8.78 Å². The van der Waals surface area contributed by atoms with Gasteiger partial charge in [0.1, 0.15) is 5.75 Å². The van der Waals surface area contributed by atoms with E-state index < -0.39 is 12.5 Å². The smallest absolute Gasteiger partial charge is 0.387 e. The van der Waals surface area contributed by atoms with Gasteiger partial charge in [-0.2, -0.15) is 8.78 Å². The van der Waals surface area contributed by atoms with Crippen molar-refractivity contribution in [1.29, 1.82) is 0 Å². The highest BCUT2D eigenvalue weighted by molar-refractivity contribution is 6.30. The van der Waals surface area contributed by atoms with Crippen molar-refractivity contribution < 1.29 is 18.3 Å². The Morgan fingerprint density at radius 3 is 2.43 bits per heavy atom. The zero-order valence-corrected chi connectivity index (χ0v) is 13.2. The van der Waals surface area contributed by atoms with Crippen LogP contribution in [0, 0.1) is 0 Å². The van der Waals surface area contributed by atoms with Gasteiger partial charge in [-0.3, -0.25) is 4.79 Å². The van der Waals surface area contributed by atoms with Gasteiger partial charge < -0.3 is 10.1 Å². The average molecular weight is 340 g/mol. The second-order valence-electron chi connectivity index (χ2n) is 4.86. The molecule has 2 aromatic rings. The van der Waals surface area contributed by atoms with Gasteiger partial charge >= 0.3 is 6.61 Å². The fourth-order valence-corrected chi connectivity index (χ4v) is 2.33. The SMILES string of the molecule is CCC(NC(=O)c1ccccc1OC(F)F)c1ccc(Cl)cc1. The number of amides is 1. The Kier molecular flexibility index (Phi) is 5.93. The number of carbonyl (C=O) groups excluding carboxylic acids is 1. The van der Waals surface area contributed by atoms with Crippen molar-refractivity contribution in [3.8, 4) is 5.75 Å². The number of halogens is 3. The van der Waals surface area contributed by atoms with Crippen molar-refractivity contribution in [2.75, 3.05) is 0 Å². The number of rotatable bonds is 6. The van der Waals surface area contributed by atoms with E-state index in [4.69, 9.17) is 11.6 Å². The molecule has 0 saturated heterocycles. The van der Waals surface area contributed by atoms with Crippen molar-refractivity contribution in [2.24, 2.45) is 0 Å². The van der Waals surface area contributed by atoms with E-state index in [0.29, 0.717) is 11.4 Å². The van der Waals surface area contributed by atoms with Crippen LogP contribution in [0.1, 0.15) is 35.3 Å². The van der Waals surface area contributed by atoms with Crippen LogP contribution in [0.25, 0.3) is 0 Å². The van der Waals surface area contributed by atoms with Crippen LogP contribution >= 0.6 is 11.6 Å². The van der Waals surface area contributed by atoms with Crippen molar-refractivity contribution in [3.63, 3.8) is 0 Å². The molecule has 1 atom stereocenters. The van der Waals surface area contributed by atoms with E-state index in [2.05, 4.69) is 10.1 Å². The molecule has 0 aromatic heterocycles. The summed E-state index contributed by atoms with van der Waals surface area (Å²) in [5.74, 6) is -0.617. The van der Waals surface area contributed by atoms with Crippen molar-refractivity contribution >= 4 is 17.5 Å². The highest BCUT2D eigenvalue weighted by Gasteiger charge is 2.18. The number of alkyl halides is 2. The summed E-state index contributed by atoms with van der Waals surface area (Å²) in [6, 6.07) is 12.8. The van der Waals surface area contributed by atoms with Crippen LogP contribution in [-0.2, 0) is 0 Å². The fourth-order valence-electron chi connectivity index (χ4n) is 2.21. The number of carbonyl (C=O) groups is 1. The van der Waals surface area contributed by atoms with Crippen molar-refractivity contribution in [2.45, 2.75) is 26.0 Å². The Bertz CT molecular complexity index is 662. The summed E-state index contributed by atoms with van der Waals surface area (Å²) in [7, 11) is 0. The Labute approximate surface area is 138 Å². The molecule has 0 fully saturated rings. The van der Waals surface area contributed by atoms with Gasteiger partial charge in [-0.05, 0) is 36.2 Å². The molecular formula is C17H16ClF2NO2. The minimum Gasteiger partial charge on any atom is -0.434 e. The zero-order valence-electron chi connectivity index (χ0n) is 12.4. The highest BCUT2D eigenvalue weighted by atomic mass is 35.5. The normalized spacial score (nSPS) is 12.0. The highest BCUT2D eigenvalue weighted by Crippen LogP contribution is 2.23. The predicted molar refractivity (Wildman–Crippen MR) is 85.0 cm³/mol. The molecule has 0 aliphatic rings. The lowest BCUT2D eigenvalue weighted by Crippen LogP contribution is -2.28. The first kappa shape index (κ1) is 17.2. The summed E-state index contributed by atoms with van der Waals surface area (Å²) in [4.78, 5) is 12.4. The maximum Gasteiger partial charge on any atom is 0.387 e. The molecule has 2 aromatic carbocycles. The summed E-state index contributed by atoms with van der Waals surface area (Å²) in [6.07, 6.45) is 0.644. The number of hydrogen-bond acceptors (Lipinski definition) is 2. The minimum absolute atomic E-state index is 0.0696. The standard InChI is InChI=1S/C17H16ClF2NO2/c1-2-14(11-7-9-12(18)10-8-11)21-16(22)13-5-3-4-6-15(13)23-17(19)20/h3-10,14,17H,2H2,1H3,(H,21,22). The second-order valence-corrected chi connectivity index (χ2v) is 5.30. The summed E-state index contributed by atoms with van der Waals surface area (Å²) in [5, 5.41) is 3.43. The van der Waals surface area contributed by atoms with Gasteiger partial charge in [-0.15, -0.1) is 0 Å². The van der Waals surface area contributed by atoms with Crippen LogP contribution in [0.5, 0.6) is 5.75 Å². The first-order valence-electron chi connectivity index (χ1n) is 7.11. The van der Waals surface area contributed by atoms with Crippen molar-refractivity contribution in [1.82, 2.24) is 5.32 Å². The zero-order chi connectivity index (χ0) is 16.8. The summed E-state index contributed by atoms with van der Waals surface area (Å²) < 4.78 is 29.2. The molecule has 2 rings (SSSR count). The van der Waals surface area contributed by atoms with Gasteiger partial charge in [0.25, 0.3) is 5.91 Å². The first-order valence-corrected chi connectivity index (χ1v) is 7.49. The summed E-state index contributed by atoms with van der Waals surface area (Å²) >= 11 is 5.86. The molecule has 23 heavy (non-hydrogen) atoms. The number of ether oxygens (including phenoxy) is 1. The molecule has 0 aliphatic heterocycles. The van der Waals surface area contributed by atoms with E-state index in [1.807, 2.05) is 19.1 Å². The molecular weight excluding hydrogens is 324 g/mol. The molecule has 0 heterocycles. The van der Waals surface area contributed by atoms with Gasteiger partial charge in [-0.1, -0.05) is 42.8 Å². The molecule has 0 aliphatic carbocycles. The van der Waals surface area contributed by atoms with Gasteiger partial charge in [0, 0.05) is 5.02 Å². The topological polar surface area (TPSA) is 38.3 Å². The Morgan fingerprint density at radius 2 is 1.83 bits per heavy atom. The molecule has 0 radical (unpaired) electrons. The Balaban J connectivity index is 2.18. The molecule has 0 saturated carbocycles. The Morgan fingerprint density at radius 1 is 1.17 bits per heavy atom. The van der Waals surface area contributed by atoms with Crippen LogP contribution in [0.3, 0.4) is 0 Å². The van der Waals surface area contributed by atoms with E-state index in [-0.39, 0.29) is 17.4 Å². The monoisotopic (exact) mass is 339 g/mol. The molecule has 1 amide bonds. The van der Waals surface area contributed by atoms with Crippen LogP contribution in [0.2, 0.25) is 5.02 Å². The number of benzene rings is 2. The molecule has 1 unspecified atom stereocenters. The molecule has 1 N–H and O–H groups in total. The third-order valence-corrected chi connectivity index (χ3v) is 3.59. The van der Waals surface area contributed by atoms with Gasteiger partial charge in [0.05, 0.1) is 11.6 Å². The van der Waals surface area contributed by atoms with E-state index in [0.717, 1.165) is 5.56 Å². The fraction of sp³-hybridized carbons (Fsp3) is 0.235. The lowest BCUT2D eigenvalue weighted by Gasteiger charge is -2.18. The average Bonchev–Trinajstić information content (AvgIpc) is 2.53. The van der Waals surface area contributed by atoms with E-state index in [9.17, 15) is 13.6 Å². The lowest BCUT2D eigenvalue weighted by molar-refractivity contribution is -0.0501. The third kappa shape index (κ3) is 4.66. The number of nitrogens with one attached hydrogen (secondary N) is 1. The van der Waals surface area contributed by atoms with Crippen LogP contribution in [0.15, 0.2) is 48.5 Å². The molecule has 0 bridgehead atoms. The Hall–Kier alpha value is -2.14. The largest absolute Gasteiger partial charge is 0.434 e. The van der Waals surface area contributed by atoms with Gasteiger partial charge in [0.2, 0.25) is 0 Å². The molecule has 0 spiro atoms. The quantitative estimate of drug-likeness (QED) is 0.819. The predicted octanol–water partition coefficient (Wildman–Crippen LogP) is 4.82. The molecule has 6 heteroatoms. The third-order valence-electron chi connectivity index (χ3n) is 3.33. The second kappa shape index (κ2) is 7.92. The molecule has 122 valence electrons. The summed E-state index contributed by atoms with van der Waals surface area (Å²) in [5.41, 5.74) is 0.956.